The van der Waals surface area contributed by atoms with Crippen LogP contribution >= 0.6 is 0 Å². The van der Waals surface area contributed by atoms with Crippen molar-refractivity contribution in [1.82, 2.24) is 5.32 Å². The molecule has 0 atom stereocenters. The highest BCUT2D eigenvalue weighted by Gasteiger charge is 2.01. The highest BCUT2D eigenvalue weighted by atomic mass is 14.9. The summed E-state index contributed by atoms with van der Waals surface area (Å²) in [5.74, 6) is 0. The minimum absolute atomic E-state index is 0.979. The third-order valence-corrected chi connectivity index (χ3v) is 2.98. The number of nitrogens with one attached hydrogen (secondary N) is 1. The molecule has 16 heavy (non-hydrogen) atoms. The molecule has 0 radical (unpaired) electrons. The van der Waals surface area contributed by atoms with Gasteiger partial charge in [0.25, 0.3) is 0 Å². The fraction of sp³-hybridized carbons (Fsp3) is 0.333. The van der Waals surface area contributed by atoms with Crippen molar-refractivity contribution in [2.45, 2.75) is 26.2 Å². The SMILES string of the molecule is CC1=CCNC(CCc2ccccc2)=CC1. The molecule has 0 bridgehead atoms. The van der Waals surface area contributed by atoms with Gasteiger partial charge >= 0.3 is 0 Å². The van der Waals surface area contributed by atoms with Crippen LogP contribution in [0.5, 0.6) is 0 Å². The summed E-state index contributed by atoms with van der Waals surface area (Å²) < 4.78 is 0. The van der Waals surface area contributed by atoms with Crippen LogP contribution in [0.1, 0.15) is 25.3 Å². The third-order valence-electron chi connectivity index (χ3n) is 2.98. The molecule has 2 rings (SSSR count). The van der Waals surface area contributed by atoms with E-state index in [1.54, 1.807) is 0 Å². The highest BCUT2D eigenvalue weighted by molar-refractivity contribution is 5.19. The lowest BCUT2D eigenvalue weighted by molar-refractivity contribution is 0.800. The van der Waals surface area contributed by atoms with Crippen LogP contribution in [0, 0.1) is 0 Å². The van der Waals surface area contributed by atoms with E-state index in [0.29, 0.717) is 0 Å². The molecule has 1 aliphatic heterocycles. The smallest absolute Gasteiger partial charge is 0.0330 e. The fourth-order valence-electron chi connectivity index (χ4n) is 1.91. The minimum Gasteiger partial charge on any atom is -0.385 e. The van der Waals surface area contributed by atoms with Crippen molar-refractivity contribution in [1.29, 1.82) is 0 Å². The van der Waals surface area contributed by atoms with Gasteiger partial charge in [0.05, 0.1) is 0 Å². The van der Waals surface area contributed by atoms with E-state index in [1.165, 1.54) is 16.8 Å². The summed E-state index contributed by atoms with van der Waals surface area (Å²) in [5.41, 5.74) is 4.26. The van der Waals surface area contributed by atoms with E-state index in [4.69, 9.17) is 0 Å². The Bertz CT molecular complexity index is 387. The van der Waals surface area contributed by atoms with E-state index in [0.717, 1.165) is 25.8 Å². The third kappa shape index (κ3) is 3.27. The number of hydrogen-bond acceptors (Lipinski definition) is 1. The highest BCUT2D eigenvalue weighted by Crippen LogP contribution is 2.12. The van der Waals surface area contributed by atoms with Gasteiger partial charge in [0.2, 0.25) is 0 Å². The Balaban J connectivity index is 1.87. The normalized spacial score (nSPS) is 15.8. The molecular weight excluding hydrogens is 194 g/mol. The first kappa shape index (κ1) is 11.0. The maximum Gasteiger partial charge on any atom is 0.0330 e. The predicted molar refractivity (Wildman–Crippen MR) is 69.2 cm³/mol. The van der Waals surface area contributed by atoms with Crippen LogP contribution < -0.4 is 5.32 Å². The summed E-state index contributed by atoms with van der Waals surface area (Å²) in [6, 6.07) is 10.7. The van der Waals surface area contributed by atoms with E-state index in [-0.39, 0.29) is 0 Å². The van der Waals surface area contributed by atoms with E-state index in [9.17, 15) is 0 Å². The van der Waals surface area contributed by atoms with Gasteiger partial charge in [-0.15, -0.1) is 0 Å². The molecule has 1 aromatic rings. The van der Waals surface area contributed by atoms with Crippen molar-refractivity contribution < 1.29 is 0 Å². The molecule has 1 heterocycles. The first-order valence-electron chi connectivity index (χ1n) is 5.97. The molecule has 1 aromatic carbocycles. The second-order valence-corrected chi connectivity index (χ2v) is 4.35. The van der Waals surface area contributed by atoms with Crippen LogP contribution in [0.25, 0.3) is 0 Å². The Hall–Kier alpha value is -1.50. The Morgan fingerprint density at radius 1 is 1.06 bits per heavy atom. The molecule has 0 saturated carbocycles. The minimum atomic E-state index is 0.979. The van der Waals surface area contributed by atoms with Gasteiger partial charge in [-0.05, 0) is 31.7 Å². The number of hydrogen-bond donors (Lipinski definition) is 1. The fourth-order valence-corrected chi connectivity index (χ4v) is 1.91. The summed E-state index contributed by atoms with van der Waals surface area (Å²) in [6.07, 6.45) is 7.93. The molecule has 0 unspecified atom stereocenters. The zero-order chi connectivity index (χ0) is 11.2. The number of aryl methyl sites for hydroxylation is 1. The monoisotopic (exact) mass is 213 g/mol. The zero-order valence-corrected chi connectivity index (χ0v) is 9.87. The van der Waals surface area contributed by atoms with Crippen LogP contribution in [-0.4, -0.2) is 6.54 Å². The first-order valence-corrected chi connectivity index (χ1v) is 5.97. The lowest BCUT2D eigenvalue weighted by atomic mass is 10.1. The van der Waals surface area contributed by atoms with Crippen molar-refractivity contribution in [2.24, 2.45) is 0 Å². The lowest BCUT2D eigenvalue weighted by Crippen LogP contribution is -2.12. The Kier molecular flexibility index (Phi) is 3.81. The van der Waals surface area contributed by atoms with Crippen LogP contribution in [0.15, 0.2) is 53.8 Å². The summed E-state index contributed by atoms with van der Waals surface area (Å²) in [4.78, 5) is 0. The topological polar surface area (TPSA) is 12.0 Å². The van der Waals surface area contributed by atoms with E-state index in [1.807, 2.05) is 0 Å². The van der Waals surface area contributed by atoms with Gasteiger partial charge in [0.1, 0.15) is 0 Å². The van der Waals surface area contributed by atoms with Gasteiger partial charge in [-0.25, -0.2) is 0 Å². The molecule has 1 heteroatoms. The van der Waals surface area contributed by atoms with Gasteiger partial charge in [-0.2, -0.15) is 0 Å². The maximum absolute atomic E-state index is 3.47. The number of allylic oxidation sites excluding steroid dienone is 3. The lowest BCUT2D eigenvalue weighted by Gasteiger charge is -2.07. The molecule has 84 valence electrons. The zero-order valence-electron chi connectivity index (χ0n) is 9.87. The quantitative estimate of drug-likeness (QED) is 0.758. The molecule has 1 N–H and O–H groups in total. The molecule has 0 fully saturated rings. The molecule has 1 nitrogen and oxygen atoms in total. The summed E-state index contributed by atoms with van der Waals surface area (Å²) >= 11 is 0. The van der Waals surface area contributed by atoms with Crippen LogP contribution in [0.4, 0.5) is 0 Å². The van der Waals surface area contributed by atoms with Crippen LogP contribution in [0.3, 0.4) is 0 Å². The molecule has 0 saturated heterocycles. The Morgan fingerprint density at radius 3 is 2.69 bits per heavy atom. The summed E-state index contributed by atoms with van der Waals surface area (Å²) in [5, 5.41) is 3.47. The van der Waals surface area contributed by atoms with Crippen LogP contribution in [0.2, 0.25) is 0 Å². The van der Waals surface area contributed by atoms with Gasteiger partial charge < -0.3 is 5.32 Å². The van der Waals surface area contributed by atoms with Crippen molar-refractivity contribution >= 4 is 0 Å². The van der Waals surface area contributed by atoms with Gasteiger partial charge in [-0.3, -0.25) is 0 Å². The molecule has 0 amide bonds. The number of benzene rings is 1. The molecule has 0 spiro atoms. The largest absolute Gasteiger partial charge is 0.385 e. The second kappa shape index (κ2) is 5.55. The van der Waals surface area contributed by atoms with Crippen molar-refractivity contribution in [3.05, 3.63) is 59.3 Å². The number of rotatable bonds is 3. The average molecular weight is 213 g/mol. The van der Waals surface area contributed by atoms with Crippen molar-refractivity contribution in [3.8, 4) is 0 Å². The van der Waals surface area contributed by atoms with E-state index in [2.05, 4.69) is 54.7 Å². The van der Waals surface area contributed by atoms with Crippen molar-refractivity contribution in [2.75, 3.05) is 6.54 Å². The second-order valence-electron chi connectivity index (χ2n) is 4.35. The van der Waals surface area contributed by atoms with E-state index >= 15 is 0 Å². The average Bonchev–Trinajstić information content (AvgIpc) is 2.53. The molecule has 0 aliphatic carbocycles. The first-order chi connectivity index (χ1) is 7.84. The standard InChI is InChI=1S/C15H19N/c1-13-7-9-15(16-12-11-13)10-8-14-5-3-2-4-6-14/h2-6,9,11,16H,7-8,10,12H2,1H3. The summed E-state index contributed by atoms with van der Waals surface area (Å²) in [6.45, 7) is 3.17. The van der Waals surface area contributed by atoms with E-state index < -0.39 is 0 Å². The molecular formula is C15H19N. The molecule has 1 aliphatic rings. The maximum atomic E-state index is 3.47. The van der Waals surface area contributed by atoms with Crippen LogP contribution in [-0.2, 0) is 6.42 Å². The summed E-state index contributed by atoms with van der Waals surface area (Å²) in [7, 11) is 0. The Morgan fingerprint density at radius 2 is 1.88 bits per heavy atom. The predicted octanol–water partition coefficient (Wildman–Crippen LogP) is 3.44. The van der Waals surface area contributed by atoms with Gasteiger partial charge in [-0.1, -0.05) is 48.1 Å². The van der Waals surface area contributed by atoms with Gasteiger partial charge in [0, 0.05) is 12.2 Å². The molecule has 0 aromatic heterocycles. The van der Waals surface area contributed by atoms with Gasteiger partial charge in [0.15, 0.2) is 0 Å². The van der Waals surface area contributed by atoms with Crippen molar-refractivity contribution in [3.63, 3.8) is 0 Å². The Labute approximate surface area is 97.9 Å².